The Morgan fingerprint density at radius 1 is 1.32 bits per heavy atom. The summed E-state index contributed by atoms with van der Waals surface area (Å²) >= 11 is 0. The van der Waals surface area contributed by atoms with Gasteiger partial charge in [-0.2, -0.15) is 0 Å². The Kier molecular flexibility index (Phi) is 6.84. The molecule has 4 nitrogen and oxygen atoms in total. The molecular formula is C15H25NO3. The lowest BCUT2D eigenvalue weighted by Gasteiger charge is -2.21. The second kappa shape index (κ2) is 8.15. The fourth-order valence-corrected chi connectivity index (χ4v) is 1.79. The summed E-state index contributed by atoms with van der Waals surface area (Å²) in [4.78, 5) is 0. The molecule has 0 saturated carbocycles. The molecule has 1 unspecified atom stereocenters. The number of methoxy groups -OCH3 is 1. The molecule has 108 valence electrons. The van der Waals surface area contributed by atoms with Gasteiger partial charge >= 0.3 is 0 Å². The maximum absolute atomic E-state index is 9.04. The van der Waals surface area contributed by atoms with Gasteiger partial charge in [-0.05, 0) is 43.9 Å². The summed E-state index contributed by atoms with van der Waals surface area (Å²) in [5, 5.41) is 9.04. The molecule has 19 heavy (non-hydrogen) atoms. The van der Waals surface area contributed by atoms with E-state index in [-0.39, 0.29) is 6.61 Å². The van der Waals surface area contributed by atoms with Gasteiger partial charge in [0.1, 0.15) is 5.75 Å². The van der Waals surface area contributed by atoms with Crippen LogP contribution in [0.15, 0.2) is 24.3 Å². The van der Waals surface area contributed by atoms with Gasteiger partial charge in [-0.25, -0.2) is 0 Å². The third-order valence-electron chi connectivity index (χ3n) is 2.98. The Balaban J connectivity index is 2.24. The van der Waals surface area contributed by atoms with Crippen molar-refractivity contribution in [2.24, 2.45) is 5.73 Å². The van der Waals surface area contributed by atoms with E-state index in [4.69, 9.17) is 20.3 Å². The zero-order valence-corrected chi connectivity index (χ0v) is 11.9. The largest absolute Gasteiger partial charge is 0.494 e. The Bertz CT molecular complexity index is 366. The molecule has 3 N–H and O–H groups in total. The quantitative estimate of drug-likeness (QED) is 0.672. The summed E-state index contributed by atoms with van der Waals surface area (Å²) in [5.74, 6) is 0.868. The van der Waals surface area contributed by atoms with Crippen LogP contribution in [0.5, 0.6) is 5.75 Å². The van der Waals surface area contributed by atoms with Crippen molar-refractivity contribution in [2.45, 2.75) is 38.3 Å². The lowest BCUT2D eigenvalue weighted by molar-refractivity contribution is 0.184. The number of hydrogen-bond acceptors (Lipinski definition) is 4. The summed E-state index contributed by atoms with van der Waals surface area (Å²) in [7, 11) is 1.68. The van der Waals surface area contributed by atoms with Crippen LogP contribution in [0.4, 0.5) is 0 Å². The number of rotatable bonds is 9. The number of hydrogen-bond donors (Lipinski definition) is 2. The first-order chi connectivity index (χ1) is 9.07. The first-order valence-electron chi connectivity index (χ1n) is 6.68. The van der Waals surface area contributed by atoms with Crippen LogP contribution in [-0.4, -0.2) is 31.0 Å². The van der Waals surface area contributed by atoms with Crippen molar-refractivity contribution in [1.29, 1.82) is 0 Å². The minimum absolute atomic E-state index is 0.0208. The highest BCUT2D eigenvalue weighted by Crippen LogP contribution is 2.15. The molecule has 0 fully saturated rings. The second-order valence-corrected chi connectivity index (χ2v) is 5.20. The Labute approximate surface area is 115 Å². The highest BCUT2D eigenvalue weighted by Gasteiger charge is 2.15. The topological polar surface area (TPSA) is 64.7 Å². The first-order valence-corrected chi connectivity index (χ1v) is 6.68. The molecule has 1 aromatic carbocycles. The zero-order valence-electron chi connectivity index (χ0n) is 11.9. The molecular weight excluding hydrogens is 242 g/mol. The summed E-state index contributed by atoms with van der Waals surface area (Å²) < 4.78 is 10.8. The van der Waals surface area contributed by atoms with E-state index in [1.807, 2.05) is 31.2 Å². The van der Waals surface area contributed by atoms with Gasteiger partial charge in [0.15, 0.2) is 0 Å². The van der Waals surface area contributed by atoms with Gasteiger partial charge in [-0.15, -0.1) is 0 Å². The lowest BCUT2D eigenvalue weighted by atomic mass is 9.97. The number of ether oxygens (including phenoxy) is 2. The first kappa shape index (κ1) is 16.0. The minimum Gasteiger partial charge on any atom is -0.494 e. The van der Waals surface area contributed by atoms with Crippen molar-refractivity contribution in [2.75, 3.05) is 20.3 Å². The number of nitrogens with two attached hydrogens (primary N) is 1. The van der Waals surface area contributed by atoms with Crippen molar-refractivity contribution >= 4 is 0 Å². The van der Waals surface area contributed by atoms with Gasteiger partial charge in [-0.1, -0.05) is 12.1 Å². The Morgan fingerprint density at radius 3 is 2.79 bits per heavy atom. The van der Waals surface area contributed by atoms with Crippen molar-refractivity contribution in [3.63, 3.8) is 0 Å². The standard InChI is InChI=1S/C15H25NO3/c1-15(16,12-17)8-3-4-9-19-14-7-5-6-13(10-14)11-18-2/h5-7,10,17H,3-4,8-9,11-12,16H2,1-2H3. The molecule has 0 aliphatic heterocycles. The van der Waals surface area contributed by atoms with E-state index >= 15 is 0 Å². The van der Waals surface area contributed by atoms with E-state index in [0.717, 1.165) is 30.6 Å². The summed E-state index contributed by atoms with van der Waals surface area (Å²) in [5.41, 5.74) is 6.49. The van der Waals surface area contributed by atoms with Crippen LogP contribution in [0, 0.1) is 0 Å². The molecule has 0 aliphatic rings. The second-order valence-electron chi connectivity index (χ2n) is 5.20. The number of unbranched alkanes of at least 4 members (excludes halogenated alkanes) is 1. The average Bonchev–Trinajstić information content (AvgIpc) is 2.39. The van der Waals surface area contributed by atoms with Gasteiger partial charge in [0.2, 0.25) is 0 Å². The average molecular weight is 267 g/mol. The predicted octanol–water partition coefficient (Wildman–Crippen LogP) is 2.09. The molecule has 0 bridgehead atoms. The van der Waals surface area contributed by atoms with E-state index in [9.17, 15) is 0 Å². The van der Waals surface area contributed by atoms with Crippen LogP contribution in [0.1, 0.15) is 31.7 Å². The molecule has 0 amide bonds. The van der Waals surface area contributed by atoms with Crippen molar-refractivity contribution in [1.82, 2.24) is 0 Å². The molecule has 0 heterocycles. The molecule has 0 radical (unpaired) electrons. The van der Waals surface area contributed by atoms with Crippen LogP contribution < -0.4 is 10.5 Å². The Hall–Kier alpha value is -1.10. The number of benzene rings is 1. The normalized spacial score (nSPS) is 14.1. The molecule has 1 atom stereocenters. The van der Waals surface area contributed by atoms with E-state index < -0.39 is 5.54 Å². The van der Waals surface area contributed by atoms with Gasteiger partial charge in [0.05, 0.1) is 19.8 Å². The number of aliphatic hydroxyl groups excluding tert-OH is 1. The van der Waals surface area contributed by atoms with Crippen molar-refractivity contribution < 1.29 is 14.6 Å². The highest BCUT2D eigenvalue weighted by atomic mass is 16.5. The van der Waals surface area contributed by atoms with E-state index in [1.54, 1.807) is 7.11 Å². The molecule has 0 spiro atoms. The summed E-state index contributed by atoms with van der Waals surface area (Å²) in [6, 6.07) is 7.91. The maximum atomic E-state index is 9.04. The lowest BCUT2D eigenvalue weighted by Crippen LogP contribution is -2.39. The number of aliphatic hydroxyl groups is 1. The monoisotopic (exact) mass is 267 g/mol. The third-order valence-corrected chi connectivity index (χ3v) is 2.98. The highest BCUT2D eigenvalue weighted by molar-refractivity contribution is 5.28. The maximum Gasteiger partial charge on any atom is 0.119 e. The minimum atomic E-state index is -0.474. The van der Waals surface area contributed by atoms with Gasteiger partial charge < -0.3 is 20.3 Å². The SMILES string of the molecule is COCc1cccc(OCCCCC(C)(N)CO)c1. The summed E-state index contributed by atoms with van der Waals surface area (Å²) in [6.07, 6.45) is 2.68. The Morgan fingerprint density at radius 2 is 2.11 bits per heavy atom. The van der Waals surface area contributed by atoms with Crippen LogP contribution in [0.2, 0.25) is 0 Å². The fourth-order valence-electron chi connectivity index (χ4n) is 1.79. The van der Waals surface area contributed by atoms with E-state index in [0.29, 0.717) is 13.2 Å². The molecule has 4 heteroatoms. The molecule has 1 aromatic rings. The van der Waals surface area contributed by atoms with Crippen LogP contribution in [-0.2, 0) is 11.3 Å². The van der Waals surface area contributed by atoms with Crippen LogP contribution in [0.25, 0.3) is 0 Å². The predicted molar refractivity (Wildman–Crippen MR) is 76.2 cm³/mol. The van der Waals surface area contributed by atoms with E-state index in [2.05, 4.69) is 0 Å². The summed E-state index contributed by atoms with van der Waals surface area (Å²) in [6.45, 7) is 3.15. The molecule has 0 aliphatic carbocycles. The van der Waals surface area contributed by atoms with Crippen LogP contribution in [0.3, 0.4) is 0 Å². The molecule has 0 saturated heterocycles. The van der Waals surface area contributed by atoms with Crippen molar-refractivity contribution in [3.8, 4) is 5.75 Å². The third kappa shape index (κ3) is 6.57. The van der Waals surface area contributed by atoms with Crippen molar-refractivity contribution in [3.05, 3.63) is 29.8 Å². The van der Waals surface area contributed by atoms with E-state index in [1.165, 1.54) is 0 Å². The van der Waals surface area contributed by atoms with Gasteiger partial charge in [0.25, 0.3) is 0 Å². The smallest absolute Gasteiger partial charge is 0.119 e. The zero-order chi connectivity index (χ0) is 14.1. The molecule has 1 rings (SSSR count). The van der Waals surface area contributed by atoms with Gasteiger partial charge in [-0.3, -0.25) is 0 Å². The van der Waals surface area contributed by atoms with Crippen LogP contribution >= 0.6 is 0 Å². The van der Waals surface area contributed by atoms with Gasteiger partial charge in [0, 0.05) is 12.6 Å². The fraction of sp³-hybridized carbons (Fsp3) is 0.600. The molecule has 0 aromatic heterocycles.